The number of nitrogens with zero attached hydrogens (tertiary/aromatic N) is 2. The van der Waals surface area contributed by atoms with Crippen molar-refractivity contribution in [2.75, 3.05) is 107 Å². The van der Waals surface area contributed by atoms with E-state index in [1.165, 1.54) is 24.3 Å². The smallest absolute Gasteiger partial charge is 0.240 e. The lowest BCUT2D eigenvalue weighted by Gasteiger charge is -2.32. The summed E-state index contributed by atoms with van der Waals surface area (Å²) in [7, 11) is 0.219. The maximum absolute atomic E-state index is 12.9. The van der Waals surface area contributed by atoms with Crippen LogP contribution in [0.4, 0.5) is 0 Å². The number of ether oxygens (including phenoxy) is 6. The van der Waals surface area contributed by atoms with Gasteiger partial charge < -0.3 is 48.9 Å². The van der Waals surface area contributed by atoms with Crippen molar-refractivity contribution >= 4 is 78.3 Å². The fourth-order valence-corrected chi connectivity index (χ4v) is 11.0. The molecule has 18 nitrogen and oxygen atoms in total. The quantitative estimate of drug-likeness (QED) is 0.0528. The number of hydrogen-bond acceptors (Lipinski definition) is 14. The zero-order valence-corrected chi connectivity index (χ0v) is 47.2. The molecule has 4 atom stereocenters. The highest BCUT2D eigenvalue weighted by atomic mass is 35.5. The summed E-state index contributed by atoms with van der Waals surface area (Å²) in [6.45, 7) is 6.24. The second-order valence-corrected chi connectivity index (χ2v) is 23.1. The monoisotopic (exact) mass is 1160 g/mol. The third-order valence-electron chi connectivity index (χ3n) is 12.0. The Kier molecular flexibility index (Phi) is 25.6. The molecule has 3 aromatic carbocycles. The Balaban J connectivity index is 0.826. The van der Waals surface area contributed by atoms with E-state index < -0.39 is 20.0 Å². The highest BCUT2D eigenvalue weighted by molar-refractivity contribution is 7.89. The van der Waals surface area contributed by atoms with Gasteiger partial charge in [0.05, 0.1) is 74.7 Å². The summed E-state index contributed by atoms with van der Waals surface area (Å²) in [5, 5.41) is 7.46. The number of carbonyl (C=O) groups excluding carboxylic acids is 2. The van der Waals surface area contributed by atoms with Gasteiger partial charge in [0.2, 0.25) is 31.9 Å². The summed E-state index contributed by atoms with van der Waals surface area (Å²) >= 11 is 25.5. The molecule has 0 fully saturated rings. The van der Waals surface area contributed by atoms with E-state index in [0.29, 0.717) is 50.9 Å². The van der Waals surface area contributed by atoms with Crippen LogP contribution in [0.3, 0.4) is 0 Å². The van der Waals surface area contributed by atoms with Crippen molar-refractivity contribution in [3.63, 3.8) is 0 Å². The first-order valence-electron chi connectivity index (χ1n) is 24.3. The number of amides is 2. The molecule has 0 unspecified atom stereocenters. The summed E-state index contributed by atoms with van der Waals surface area (Å²) in [5.74, 6) is 0.402. The summed E-state index contributed by atoms with van der Waals surface area (Å²) in [4.78, 5) is 28.6. The lowest BCUT2D eigenvalue weighted by atomic mass is 9.99. The molecule has 0 aliphatic heterocycles. The van der Waals surface area contributed by atoms with E-state index in [9.17, 15) is 26.4 Å². The van der Waals surface area contributed by atoms with Gasteiger partial charge in [0.25, 0.3) is 0 Å². The Morgan fingerprint density at radius 3 is 1.57 bits per heavy atom. The molecule has 75 heavy (non-hydrogen) atoms. The van der Waals surface area contributed by atoms with E-state index in [1.807, 2.05) is 45.2 Å². The predicted octanol–water partition coefficient (Wildman–Crippen LogP) is 6.21. The highest BCUT2D eigenvalue weighted by Gasteiger charge is 2.37. The molecule has 0 heterocycles. The molecule has 0 bridgehead atoms. The van der Waals surface area contributed by atoms with E-state index in [0.717, 1.165) is 16.7 Å². The number of rotatable bonds is 31. The Hall–Kier alpha value is -3.84. The van der Waals surface area contributed by atoms with E-state index >= 15 is 0 Å². The topological polar surface area (TPSA) is 212 Å². The van der Waals surface area contributed by atoms with Crippen molar-refractivity contribution in [3.05, 3.63) is 116 Å². The number of allylic oxidation sites excluding steroid dienone is 3. The number of likely N-dealkylation sites (N-methyl/N-ethyl adjacent to an activating group) is 2. The van der Waals surface area contributed by atoms with Crippen LogP contribution in [-0.2, 0) is 55.0 Å². The molecular formula is C51H68Cl4N6O12S2. The molecule has 0 aromatic heterocycles. The molecule has 2 aliphatic rings. The largest absolute Gasteiger partial charge is 0.488 e. The first kappa shape index (κ1) is 62.0. The second-order valence-electron chi connectivity index (χ2n) is 17.9. The number of fused-ring (bicyclic) bond motifs is 1. The lowest BCUT2D eigenvalue weighted by Crippen LogP contribution is -2.42. The van der Waals surface area contributed by atoms with Gasteiger partial charge in [-0.1, -0.05) is 59.1 Å². The predicted molar refractivity (Wildman–Crippen MR) is 291 cm³/mol. The average molecular weight is 1160 g/mol. The molecule has 414 valence electrons. The molecule has 0 spiro atoms. The second kappa shape index (κ2) is 30.9. The number of nitrogens with one attached hydrogen (secondary N) is 4. The van der Waals surface area contributed by atoms with Gasteiger partial charge in [0.15, 0.2) is 0 Å². The van der Waals surface area contributed by atoms with Crippen LogP contribution in [-0.4, -0.2) is 164 Å². The minimum Gasteiger partial charge on any atom is -0.488 e. The average Bonchev–Trinajstić information content (AvgIpc) is 3.74. The zero-order valence-electron chi connectivity index (χ0n) is 42.6. The third kappa shape index (κ3) is 20.5. The van der Waals surface area contributed by atoms with Crippen molar-refractivity contribution < 1.29 is 54.8 Å². The van der Waals surface area contributed by atoms with Crippen LogP contribution in [0.5, 0.6) is 11.5 Å². The van der Waals surface area contributed by atoms with Crippen LogP contribution in [0, 0.1) is 0 Å². The summed E-state index contributed by atoms with van der Waals surface area (Å²) < 4.78 is 91.2. The van der Waals surface area contributed by atoms with Gasteiger partial charge in [-0.3, -0.25) is 9.59 Å². The van der Waals surface area contributed by atoms with Crippen LogP contribution in [0.25, 0.3) is 0 Å². The minimum atomic E-state index is -3.81. The molecule has 0 saturated heterocycles. The minimum absolute atomic E-state index is 0.00330. The van der Waals surface area contributed by atoms with Gasteiger partial charge in [-0.25, -0.2) is 26.3 Å². The molecule has 3 aromatic rings. The van der Waals surface area contributed by atoms with Crippen LogP contribution in [0.2, 0.25) is 10.0 Å². The van der Waals surface area contributed by atoms with Gasteiger partial charge in [0.1, 0.15) is 23.7 Å². The van der Waals surface area contributed by atoms with E-state index in [4.69, 9.17) is 74.8 Å². The van der Waals surface area contributed by atoms with E-state index in [2.05, 4.69) is 31.6 Å². The zero-order chi connectivity index (χ0) is 54.5. The normalized spacial score (nSPS) is 18.9. The van der Waals surface area contributed by atoms with Crippen molar-refractivity contribution in [1.29, 1.82) is 0 Å². The van der Waals surface area contributed by atoms with Gasteiger partial charge in [0, 0.05) is 71.1 Å². The van der Waals surface area contributed by atoms with Crippen LogP contribution < -0.4 is 29.6 Å². The van der Waals surface area contributed by atoms with E-state index in [-0.39, 0.29) is 138 Å². The van der Waals surface area contributed by atoms with Crippen LogP contribution in [0.15, 0.2) is 105 Å². The molecule has 2 aliphatic carbocycles. The molecule has 24 heteroatoms. The van der Waals surface area contributed by atoms with Crippen LogP contribution >= 0.6 is 46.4 Å². The summed E-state index contributed by atoms with van der Waals surface area (Å²) in [6.07, 6.45) is 4.61. The number of carbonyl (C=O) groups is 2. The van der Waals surface area contributed by atoms with Crippen molar-refractivity contribution in [2.24, 2.45) is 0 Å². The number of halogens is 4. The molecular weight excluding hydrogens is 1090 g/mol. The molecule has 0 radical (unpaired) electrons. The SMILES string of the molecule is C=C1C[C@H](N(C)C)[C@@H](Oc2ccc(S(=O)(=O)NCCOCCOCCNC(=O)CCC(=O)NCCOCCOCCNS(=O)(=O)c3ccc(O[C@H]4c5cc(Cl)cc(Cl)c5C[C@@H]4N(C)C)cc3)cc2)C/C=C(/Cl)C=C1Cl. The van der Waals surface area contributed by atoms with Crippen LogP contribution in [0.1, 0.15) is 42.9 Å². The van der Waals surface area contributed by atoms with Crippen molar-refractivity contribution in [1.82, 2.24) is 29.9 Å². The molecule has 5 rings (SSSR count). The van der Waals surface area contributed by atoms with E-state index in [1.54, 1.807) is 36.4 Å². The first-order valence-corrected chi connectivity index (χ1v) is 28.8. The van der Waals surface area contributed by atoms with Gasteiger partial charge in [-0.05, 0) is 119 Å². The molecule has 0 saturated carbocycles. The summed E-state index contributed by atoms with van der Waals surface area (Å²) in [6, 6.07) is 15.9. The van der Waals surface area contributed by atoms with Gasteiger partial charge >= 0.3 is 0 Å². The van der Waals surface area contributed by atoms with Crippen molar-refractivity contribution in [3.8, 4) is 11.5 Å². The maximum atomic E-state index is 12.9. The fourth-order valence-electron chi connectivity index (χ4n) is 7.95. The fraction of sp³-hybridized carbons (Fsp3) is 0.490. The number of sulfonamides is 2. The summed E-state index contributed by atoms with van der Waals surface area (Å²) in [5.41, 5.74) is 2.63. The Morgan fingerprint density at radius 1 is 0.627 bits per heavy atom. The Morgan fingerprint density at radius 2 is 1.09 bits per heavy atom. The number of hydrogen-bond donors (Lipinski definition) is 4. The molecule has 2 amide bonds. The van der Waals surface area contributed by atoms with Gasteiger partial charge in [-0.15, -0.1) is 0 Å². The third-order valence-corrected chi connectivity index (χ3v) is 16.1. The number of benzene rings is 3. The standard InChI is InChI=1S/C51H68Cl4N6O12S2/c1-35-30-46(60(2)3)48(15-6-36(52)32-44(35)54)72-38-7-11-40(12-8-38)74(64,65)58-20-24-70-28-26-68-22-18-56-49(62)16-17-50(63)57-19-23-69-27-29-71-25-21-59-75(66,67)41-13-9-39(10-14-41)73-51-43-31-37(53)33-45(55)42(43)34-47(51)61(4)5/h6-14,31-33,46-48,51,58-59H,1,15-30,34H2,2-5H3,(H,56,62)(H,57,63)/b36-6+,44-32?/t46-,47-,48-,51-/m0/s1. The lowest BCUT2D eigenvalue weighted by molar-refractivity contribution is -0.126. The maximum Gasteiger partial charge on any atom is 0.240 e. The van der Waals surface area contributed by atoms with Crippen molar-refractivity contribution in [2.45, 2.75) is 66.2 Å². The Bertz CT molecular complexity index is 2640. The van der Waals surface area contributed by atoms with Gasteiger partial charge in [-0.2, -0.15) is 0 Å². The molecule has 4 N–H and O–H groups in total. The first-order chi connectivity index (χ1) is 35.7. The Labute approximate surface area is 461 Å². The highest BCUT2D eigenvalue weighted by Crippen LogP contribution is 2.42.